The van der Waals surface area contributed by atoms with E-state index in [1.807, 2.05) is 6.07 Å². The van der Waals surface area contributed by atoms with Crippen molar-refractivity contribution in [2.75, 3.05) is 14.2 Å². The van der Waals surface area contributed by atoms with Gasteiger partial charge in [0.15, 0.2) is 11.5 Å². The Hall–Kier alpha value is -1.22. The first-order valence-electron chi connectivity index (χ1n) is 6.34. The topological polar surface area (TPSA) is 18.5 Å². The van der Waals surface area contributed by atoms with E-state index in [0.717, 1.165) is 16.0 Å². The van der Waals surface area contributed by atoms with Crippen LogP contribution < -0.4 is 9.47 Å². The second-order valence-electron chi connectivity index (χ2n) is 5.00. The van der Waals surface area contributed by atoms with E-state index < -0.39 is 0 Å². The van der Waals surface area contributed by atoms with E-state index in [1.54, 1.807) is 14.2 Å². The third-order valence-corrected chi connectivity index (χ3v) is 4.23. The van der Waals surface area contributed by atoms with Crippen molar-refractivity contribution in [2.45, 2.75) is 26.7 Å². The lowest BCUT2D eigenvalue weighted by molar-refractivity contribution is 0.351. The summed E-state index contributed by atoms with van der Waals surface area (Å²) in [4.78, 5) is 0. The number of benzene rings is 2. The van der Waals surface area contributed by atoms with Crippen molar-refractivity contribution >= 4 is 26.7 Å². The molecule has 19 heavy (non-hydrogen) atoms. The van der Waals surface area contributed by atoms with E-state index in [0.29, 0.717) is 5.92 Å². The number of ether oxygens (including phenoxy) is 2. The molecule has 2 nitrogen and oxygen atoms in total. The van der Waals surface area contributed by atoms with Crippen molar-refractivity contribution in [3.05, 3.63) is 33.8 Å². The third kappa shape index (κ3) is 2.44. The maximum atomic E-state index is 5.57. The van der Waals surface area contributed by atoms with Crippen molar-refractivity contribution < 1.29 is 9.47 Å². The molecule has 0 spiro atoms. The molecular formula is C16H19BrO2. The number of halogens is 1. The van der Waals surface area contributed by atoms with Crippen LogP contribution in [0.5, 0.6) is 11.5 Å². The zero-order valence-corrected chi connectivity index (χ0v) is 13.6. The minimum Gasteiger partial charge on any atom is -0.493 e. The first-order valence-corrected chi connectivity index (χ1v) is 7.13. The lowest BCUT2D eigenvalue weighted by Crippen LogP contribution is -1.99. The van der Waals surface area contributed by atoms with Gasteiger partial charge in [0.05, 0.1) is 14.2 Å². The van der Waals surface area contributed by atoms with Crippen LogP contribution in [0.15, 0.2) is 22.7 Å². The summed E-state index contributed by atoms with van der Waals surface area (Å²) in [5, 5.41) is 2.40. The van der Waals surface area contributed by atoms with Gasteiger partial charge >= 0.3 is 0 Å². The van der Waals surface area contributed by atoms with Gasteiger partial charge in [-0.2, -0.15) is 0 Å². The number of rotatable bonds is 3. The van der Waals surface area contributed by atoms with Gasteiger partial charge in [-0.1, -0.05) is 29.8 Å². The van der Waals surface area contributed by atoms with Gasteiger partial charge < -0.3 is 9.47 Å². The average molecular weight is 323 g/mol. The molecular weight excluding hydrogens is 304 g/mol. The van der Waals surface area contributed by atoms with Crippen LogP contribution in [0.1, 0.15) is 30.9 Å². The minimum atomic E-state index is 0.369. The molecule has 0 bridgehead atoms. The molecule has 0 amide bonds. The Bertz CT molecular complexity index is 618. The summed E-state index contributed by atoms with van der Waals surface area (Å²) in [5.74, 6) is 1.99. The van der Waals surface area contributed by atoms with Gasteiger partial charge in [0.25, 0.3) is 0 Å². The summed E-state index contributed by atoms with van der Waals surface area (Å²) < 4.78 is 12.1. The maximum Gasteiger partial charge on any atom is 0.164 e. The highest BCUT2D eigenvalue weighted by atomic mass is 79.9. The van der Waals surface area contributed by atoms with Crippen LogP contribution in [0.2, 0.25) is 0 Å². The lowest BCUT2D eigenvalue weighted by Gasteiger charge is -2.19. The van der Waals surface area contributed by atoms with Gasteiger partial charge in [-0.25, -0.2) is 0 Å². The smallest absolute Gasteiger partial charge is 0.164 e. The quantitative estimate of drug-likeness (QED) is 0.787. The largest absolute Gasteiger partial charge is 0.493 e. The molecule has 0 aliphatic heterocycles. The Kier molecular flexibility index (Phi) is 4.04. The van der Waals surface area contributed by atoms with E-state index in [-0.39, 0.29) is 0 Å². The summed E-state index contributed by atoms with van der Waals surface area (Å²) in [6.07, 6.45) is 0. The number of hydrogen-bond donors (Lipinski definition) is 0. The van der Waals surface area contributed by atoms with E-state index >= 15 is 0 Å². The van der Waals surface area contributed by atoms with Crippen LogP contribution in [0.3, 0.4) is 0 Å². The van der Waals surface area contributed by atoms with Crippen LogP contribution in [-0.2, 0) is 0 Å². The van der Waals surface area contributed by atoms with Gasteiger partial charge in [0.2, 0.25) is 0 Å². The molecule has 2 aromatic rings. The SMILES string of the molecule is COc1cc2cc(Br)c(C)cc2c(C(C)C)c1OC. The Morgan fingerprint density at radius 2 is 1.74 bits per heavy atom. The molecule has 0 aliphatic carbocycles. The summed E-state index contributed by atoms with van der Waals surface area (Å²) in [7, 11) is 3.37. The van der Waals surface area contributed by atoms with Crippen molar-refractivity contribution in [1.82, 2.24) is 0 Å². The molecule has 0 fully saturated rings. The zero-order chi connectivity index (χ0) is 14.2. The van der Waals surface area contributed by atoms with Crippen molar-refractivity contribution in [1.29, 1.82) is 0 Å². The molecule has 0 atom stereocenters. The number of fused-ring (bicyclic) bond motifs is 1. The number of methoxy groups -OCH3 is 2. The van der Waals surface area contributed by atoms with Crippen LogP contribution in [-0.4, -0.2) is 14.2 Å². The molecule has 0 aliphatic rings. The highest BCUT2D eigenvalue weighted by Crippen LogP contribution is 2.42. The van der Waals surface area contributed by atoms with E-state index in [9.17, 15) is 0 Å². The molecule has 2 aromatic carbocycles. The summed E-state index contributed by atoms with van der Waals surface area (Å²) in [6, 6.07) is 6.37. The first-order chi connectivity index (χ1) is 8.99. The molecule has 0 aromatic heterocycles. The first kappa shape index (κ1) is 14.2. The minimum absolute atomic E-state index is 0.369. The fourth-order valence-corrected chi connectivity index (χ4v) is 2.81. The Labute approximate surface area is 122 Å². The third-order valence-electron chi connectivity index (χ3n) is 3.38. The molecule has 0 N–H and O–H groups in total. The standard InChI is InChI=1S/C16H19BrO2/c1-9(2)15-12-6-10(3)13(17)7-11(12)8-14(18-4)16(15)19-5/h6-9H,1-5H3. The van der Waals surface area contributed by atoms with Crippen LogP contribution >= 0.6 is 15.9 Å². The number of aryl methyl sites for hydroxylation is 1. The Morgan fingerprint density at radius 1 is 1.05 bits per heavy atom. The predicted molar refractivity (Wildman–Crippen MR) is 83.6 cm³/mol. The second-order valence-corrected chi connectivity index (χ2v) is 5.86. The van der Waals surface area contributed by atoms with Gasteiger partial charge in [-0.15, -0.1) is 0 Å². The zero-order valence-electron chi connectivity index (χ0n) is 12.0. The molecule has 102 valence electrons. The summed E-state index contributed by atoms with van der Waals surface area (Å²) in [6.45, 7) is 6.45. The van der Waals surface area contributed by atoms with E-state index in [1.165, 1.54) is 21.9 Å². The van der Waals surface area contributed by atoms with Crippen LogP contribution in [0.25, 0.3) is 10.8 Å². The van der Waals surface area contributed by atoms with Gasteiger partial charge in [0.1, 0.15) is 0 Å². The van der Waals surface area contributed by atoms with Crippen molar-refractivity contribution in [3.8, 4) is 11.5 Å². The second kappa shape index (κ2) is 5.41. The average Bonchev–Trinajstić information content (AvgIpc) is 2.37. The fraction of sp³-hybridized carbons (Fsp3) is 0.375. The van der Waals surface area contributed by atoms with Gasteiger partial charge in [-0.05, 0) is 47.4 Å². The lowest BCUT2D eigenvalue weighted by atomic mass is 9.93. The Morgan fingerprint density at radius 3 is 2.26 bits per heavy atom. The predicted octanol–water partition coefficient (Wildman–Crippen LogP) is 5.05. The van der Waals surface area contributed by atoms with Gasteiger partial charge in [-0.3, -0.25) is 0 Å². The Balaban J connectivity index is 2.92. The van der Waals surface area contributed by atoms with E-state index in [4.69, 9.17) is 9.47 Å². The fourth-order valence-electron chi connectivity index (χ4n) is 2.45. The van der Waals surface area contributed by atoms with E-state index in [2.05, 4.69) is 48.8 Å². The molecule has 0 unspecified atom stereocenters. The summed E-state index contributed by atoms with van der Waals surface area (Å²) >= 11 is 3.59. The van der Waals surface area contributed by atoms with Gasteiger partial charge in [0, 0.05) is 10.0 Å². The maximum absolute atomic E-state index is 5.57. The monoisotopic (exact) mass is 322 g/mol. The highest BCUT2D eigenvalue weighted by Gasteiger charge is 2.18. The normalized spacial score (nSPS) is 11.1. The molecule has 0 radical (unpaired) electrons. The number of hydrogen-bond acceptors (Lipinski definition) is 2. The van der Waals surface area contributed by atoms with Crippen LogP contribution in [0, 0.1) is 6.92 Å². The molecule has 3 heteroatoms. The highest BCUT2D eigenvalue weighted by molar-refractivity contribution is 9.10. The molecule has 0 saturated heterocycles. The summed E-state index contributed by atoms with van der Waals surface area (Å²) in [5.41, 5.74) is 2.43. The van der Waals surface area contributed by atoms with Crippen LogP contribution in [0.4, 0.5) is 0 Å². The van der Waals surface area contributed by atoms with Crippen molar-refractivity contribution in [3.63, 3.8) is 0 Å². The molecule has 0 saturated carbocycles. The van der Waals surface area contributed by atoms with Crippen molar-refractivity contribution in [2.24, 2.45) is 0 Å². The molecule has 2 rings (SSSR count). The molecule has 0 heterocycles.